The van der Waals surface area contributed by atoms with Crippen molar-refractivity contribution in [3.05, 3.63) is 56.3 Å². The third-order valence-electron chi connectivity index (χ3n) is 23.2. The molecule has 3 nitrogen and oxygen atoms in total. The molecule has 0 aromatic rings. The van der Waals surface area contributed by atoms with Gasteiger partial charge in [-0.3, -0.25) is 0 Å². The third kappa shape index (κ3) is 8.50. The summed E-state index contributed by atoms with van der Waals surface area (Å²) in [5.41, 5.74) is 8.09. The average Bonchev–Trinajstić information content (AvgIpc) is 3.84. The van der Waals surface area contributed by atoms with Crippen LogP contribution in [0.1, 0.15) is 192 Å². The molecule has 12 aliphatic carbocycles. The molecule has 0 aromatic carbocycles. The Morgan fingerprint density at radius 3 is 1.35 bits per heavy atom. The molecule has 0 spiro atoms. The molecule has 3 N–H and O–H groups in total. The van der Waals surface area contributed by atoms with Crippen LogP contribution in [0.25, 0.3) is 0 Å². The largest absolute Gasteiger partial charge is 0.393 e. The lowest BCUT2D eigenvalue weighted by atomic mass is 9.50. The summed E-state index contributed by atoms with van der Waals surface area (Å²) in [5, 5.41) is 30.3. The first kappa shape index (κ1) is 50.7. The zero-order chi connectivity index (χ0) is 44.3. The number of allylic oxidation sites excluding steroid dienone is 7. The SMILES string of the molecule is C.C.CC1=CC[C@H]2[C@@H]3CC=C4CC(O)C[C@@H](C)C4[C@H]3CC[C@]12C.C[C@@H]1CC(O)CC2=CC[C@@H]3[C@H](CC[C@]4(C)C(I)=CC[C@@H]34)C21.C[C@@H]1CC(O)CC2=CC[C@@H]3[C@H](CC[C@]4(C)[C@@H](C)CC[C@@H]34)C21. The quantitative estimate of drug-likeness (QED) is 0.167. The van der Waals surface area contributed by atoms with Crippen molar-refractivity contribution in [1.29, 1.82) is 0 Å². The summed E-state index contributed by atoms with van der Waals surface area (Å²) in [7, 11) is 0. The van der Waals surface area contributed by atoms with E-state index in [0.717, 1.165) is 115 Å². The van der Waals surface area contributed by atoms with E-state index in [9.17, 15) is 15.3 Å². The fourth-order valence-corrected chi connectivity index (χ4v) is 20.7. The van der Waals surface area contributed by atoms with Crippen LogP contribution in [0.5, 0.6) is 0 Å². The number of rotatable bonds is 0. The van der Waals surface area contributed by atoms with Crippen molar-refractivity contribution in [1.82, 2.24) is 0 Å². The molecule has 6 unspecified atom stereocenters. The topological polar surface area (TPSA) is 60.7 Å². The molecule has 0 aromatic heterocycles. The van der Waals surface area contributed by atoms with Crippen LogP contribution in [0.15, 0.2) is 56.3 Å². The van der Waals surface area contributed by atoms with E-state index in [1.807, 2.05) is 0 Å². The molecule has 7 fully saturated rings. The summed E-state index contributed by atoms with van der Waals surface area (Å²) in [5.74, 6) is 13.5. The Morgan fingerprint density at radius 1 is 0.477 bits per heavy atom. The van der Waals surface area contributed by atoms with Crippen molar-refractivity contribution in [2.24, 2.45) is 111 Å². The van der Waals surface area contributed by atoms with Crippen molar-refractivity contribution in [3.8, 4) is 0 Å². The van der Waals surface area contributed by atoms with E-state index in [4.69, 9.17) is 0 Å². The van der Waals surface area contributed by atoms with E-state index >= 15 is 0 Å². The first-order valence-electron chi connectivity index (χ1n) is 27.2. The Labute approximate surface area is 413 Å². The van der Waals surface area contributed by atoms with Crippen LogP contribution in [-0.4, -0.2) is 33.6 Å². The maximum absolute atomic E-state index is 10.1. The summed E-state index contributed by atoms with van der Waals surface area (Å²) in [4.78, 5) is 0. The number of fused-ring (bicyclic) bond motifs is 15. The minimum Gasteiger partial charge on any atom is -0.393 e. The third-order valence-corrected chi connectivity index (χ3v) is 24.9. The Bertz CT molecular complexity index is 1730. The molecule has 7 saturated carbocycles. The molecule has 4 heteroatoms. The standard InChI is InChI=1S/C20H32O.C20H30O.C19H27IO.2CH4/c2*1-12-10-15(21)11-14-5-6-16-17(19(12)14)8-9-20(3)13(2)4-7-18(16)20;1-11-9-13(21)10-12-3-4-14-15(18(11)12)7-8-19(2)16(14)5-6-17(19)20;;/h5,12-13,15-19,21H,4,6-11H2,1-3H3;4-5,12,15-19,21H,6-11H2,1-3H3;3,6,11,13-16,18,21H,4-5,7-10H2,1-2H3;2*1H4/t12-,13+,15?,16-,17+,18+,19?,20-;12-,15?,16-,17+,18+,19?,20-;11-,13?,14-,15+,16+,18?,19+;;/m111../s1. The summed E-state index contributed by atoms with van der Waals surface area (Å²) in [6.45, 7) is 19.7. The molecule has 12 rings (SSSR count). The highest BCUT2D eigenvalue weighted by atomic mass is 127. The first-order chi connectivity index (χ1) is 30.0. The lowest BCUT2D eigenvalue weighted by molar-refractivity contribution is -0.0282. The first-order valence-corrected chi connectivity index (χ1v) is 28.2. The predicted octanol–water partition coefficient (Wildman–Crippen LogP) is 15.9. The van der Waals surface area contributed by atoms with Gasteiger partial charge in [-0.05, 0) is 261 Å². The smallest absolute Gasteiger partial charge is 0.0580 e. The average molecular weight is 1010 g/mol. The summed E-state index contributed by atoms with van der Waals surface area (Å²) < 4.78 is 1.63. The molecule has 65 heavy (non-hydrogen) atoms. The van der Waals surface area contributed by atoms with Crippen LogP contribution in [-0.2, 0) is 0 Å². The van der Waals surface area contributed by atoms with Crippen molar-refractivity contribution >= 4 is 22.6 Å². The molecular formula is C61H97IO3. The Hall–Kier alpha value is -0.690. The predicted molar refractivity (Wildman–Crippen MR) is 282 cm³/mol. The second kappa shape index (κ2) is 19.1. The second-order valence-corrected chi connectivity index (χ2v) is 27.1. The van der Waals surface area contributed by atoms with Crippen LogP contribution in [0, 0.1) is 111 Å². The van der Waals surface area contributed by atoms with E-state index in [2.05, 4.69) is 108 Å². The van der Waals surface area contributed by atoms with Gasteiger partial charge in [0.25, 0.3) is 0 Å². The van der Waals surface area contributed by atoms with Crippen LogP contribution in [0.2, 0.25) is 0 Å². The van der Waals surface area contributed by atoms with E-state index < -0.39 is 0 Å². The van der Waals surface area contributed by atoms with Crippen molar-refractivity contribution in [2.75, 3.05) is 0 Å². The molecule has 0 heterocycles. The zero-order valence-electron chi connectivity index (χ0n) is 41.0. The van der Waals surface area contributed by atoms with Gasteiger partial charge in [0.2, 0.25) is 0 Å². The zero-order valence-corrected chi connectivity index (χ0v) is 43.2. The minimum atomic E-state index is -0.0815. The lowest BCUT2D eigenvalue weighted by Crippen LogP contribution is -2.47. The summed E-state index contributed by atoms with van der Waals surface area (Å²) in [6, 6.07) is 0. The Balaban J connectivity index is 0.000000131. The van der Waals surface area contributed by atoms with Gasteiger partial charge in [-0.2, -0.15) is 0 Å². The Morgan fingerprint density at radius 2 is 0.877 bits per heavy atom. The van der Waals surface area contributed by atoms with Crippen LogP contribution >= 0.6 is 22.6 Å². The monoisotopic (exact) mass is 1000 g/mol. The molecule has 12 aliphatic rings. The highest BCUT2D eigenvalue weighted by Gasteiger charge is 2.57. The van der Waals surface area contributed by atoms with Crippen LogP contribution in [0.4, 0.5) is 0 Å². The van der Waals surface area contributed by atoms with Gasteiger partial charge in [0.05, 0.1) is 18.3 Å². The Kier molecular flexibility index (Phi) is 14.9. The molecule has 0 radical (unpaired) electrons. The molecule has 366 valence electrons. The molecule has 0 amide bonds. The van der Waals surface area contributed by atoms with Gasteiger partial charge in [-0.25, -0.2) is 0 Å². The van der Waals surface area contributed by atoms with Gasteiger partial charge >= 0.3 is 0 Å². The fraction of sp³-hybridized carbons (Fsp3) is 0.836. The van der Waals surface area contributed by atoms with Gasteiger partial charge in [0, 0.05) is 5.41 Å². The number of hydrogen-bond acceptors (Lipinski definition) is 3. The fourth-order valence-electron chi connectivity index (χ4n) is 19.8. The van der Waals surface area contributed by atoms with Gasteiger partial charge in [0.15, 0.2) is 0 Å². The molecule has 0 saturated heterocycles. The molecular weight excluding hydrogens is 908 g/mol. The normalized spacial score (nSPS) is 52.0. The summed E-state index contributed by atoms with van der Waals surface area (Å²) in [6.07, 6.45) is 36.3. The van der Waals surface area contributed by atoms with Crippen molar-refractivity contribution < 1.29 is 15.3 Å². The van der Waals surface area contributed by atoms with Gasteiger partial charge in [0.1, 0.15) is 0 Å². The second-order valence-electron chi connectivity index (χ2n) is 26.0. The van der Waals surface area contributed by atoms with Gasteiger partial charge < -0.3 is 15.3 Å². The number of aliphatic hydroxyl groups is 3. The van der Waals surface area contributed by atoms with E-state index in [0.29, 0.717) is 34.0 Å². The maximum atomic E-state index is 10.1. The molecule has 0 bridgehead atoms. The molecule has 0 aliphatic heterocycles. The van der Waals surface area contributed by atoms with Crippen molar-refractivity contribution in [2.45, 2.75) is 211 Å². The van der Waals surface area contributed by atoms with E-state index in [1.165, 1.54) is 83.5 Å². The van der Waals surface area contributed by atoms with E-state index in [1.54, 1.807) is 25.9 Å². The highest BCUT2D eigenvalue weighted by molar-refractivity contribution is 14.1. The van der Waals surface area contributed by atoms with Gasteiger partial charge in [-0.15, -0.1) is 0 Å². The molecule has 22 atom stereocenters. The summed E-state index contributed by atoms with van der Waals surface area (Å²) >= 11 is 2.60. The lowest BCUT2D eigenvalue weighted by Gasteiger charge is -2.54. The van der Waals surface area contributed by atoms with Crippen LogP contribution < -0.4 is 0 Å². The minimum absolute atomic E-state index is 0. The number of aliphatic hydroxyl groups excluding tert-OH is 3. The van der Waals surface area contributed by atoms with Gasteiger partial charge in [-0.1, -0.05) is 116 Å². The van der Waals surface area contributed by atoms with Crippen molar-refractivity contribution in [3.63, 3.8) is 0 Å². The highest BCUT2D eigenvalue weighted by Crippen LogP contribution is 2.66. The van der Waals surface area contributed by atoms with E-state index in [-0.39, 0.29) is 33.2 Å². The van der Waals surface area contributed by atoms with Crippen LogP contribution in [0.3, 0.4) is 0 Å². The maximum Gasteiger partial charge on any atom is 0.0580 e. The number of halogens is 1. The number of hydrogen-bond donors (Lipinski definition) is 3.